The van der Waals surface area contributed by atoms with E-state index in [9.17, 15) is 14.9 Å². The van der Waals surface area contributed by atoms with Gasteiger partial charge < -0.3 is 9.80 Å². The summed E-state index contributed by atoms with van der Waals surface area (Å²) in [7, 11) is 0. The molecule has 0 radical (unpaired) electrons. The van der Waals surface area contributed by atoms with Gasteiger partial charge in [-0.3, -0.25) is 20.1 Å². The standard InChI is InChI=1S/C16H17N5O4/c22-16(18-23)12-4-3-5-13(21(24)25)15(12)20-10-8-19(9-11-20)14-6-1-2-7-17-14/h1-7,23H,8-11H2,(H,18,22). The molecule has 2 N–H and O–H groups in total. The molecule has 1 aliphatic heterocycles. The first kappa shape index (κ1) is 16.7. The smallest absolute Gasteiger partial charge is 0.293 e. The molecule has 130 valence electrons. The van der Waals surface area contributed by atoms with Gasteiger partial charge in [0, 0.05) is 38.4 Å². The maximum absolute atomic E-state index is 11.9. The van der Waals surface area contributed by atoms with Crippen LogP contribution in [0.5, 0.6) is 0 Å². The van der Waals surface area contributed by atoms with Gasteiger partial charge in [-0.2, -0.15) is 0 Å². The van der Waals surface area contributed by atoms with Crippen LogP contribution in [0.4, 0.5) is 17.2 Å². The number of carbonyl (C=O) groups excluding carboxylic acids is 1. The van der Waals surface area contributed by atoms with E-state index in [4.69, 9.17) is 5.21 Å². The van der Waals surface area contributed by atoms with Crippen LogP contribution < -0.4 is 15.3 Å². The van der Waals surface area contributed by atoms with E-state index in [1.165, 1.54) is 18.2 Å². The van der Waals surface area contributed by atoms with Crippen LogP contribution in [-0.4, -0.2) is 47.2 Å². The summed E-state index contributed by atoms with van der Waals surface area (Å²) in [5, 5.41) is 20.3. The van der Waals surface area contributed by atoms with Crippen molar-refractivity contribution in [2.75, 3.05) is 36.0 Å². The van der Waals surface area contributed by atoms with Crippen LogP contribution in [0.15, 0.2) is 42.6 Å². The fourth-order valence-corrected chi connectivity index (χ4v) is 2.95. The molecule has 9 heteroatoms. The number of carbonyl (C=O) groups is 1. The Bertz CT molecular complexity index is 775. The number of aromatic nitrogens is 1. The zero-order chi connectivity index (χ0) is 17.8. The summed E-state index contributed by atoms with van der Waals surface area (Å²) < 4.78 is 0. The minimum atomic E-state index is -0.772. The number of nitro benzene ring substituents is 1. The van der Waals surface area contributed by atoms with E-state index in [2.05, 4.69) is 9.88 Å². The second-order valence-corrected chi connectivity index (χ2v) is 5.53. The second kappa shape index (κ2) is 7.14. The summed E-state index contributed by atoms with van der Waals surface area (Å²) in [6, 6.07) is 9.89. The Morgan fingerprint density at radius 2 is 1.84 bits per heavy atom. The number of hydrogen-bond donors (Lipinski definition) is 2. The van der Waals surface area contributed by atoms with Gasteiger partial charge >= 0.3 is 0 Å². The highest BCUT2D eigenvalue weighted by Gasteiger charge is 2.29. The molecule has 0 aliphatic carbocycles. The number of pyridine rings is 1. The Hall–Kier alpha value is -3.20. The van der Waals surface area contributed by atoms with Crippen LogP contribution in [0.3, 0.4) is 0 Å². The molecule has 1 aromatic heterocycles. The van der Waals surface area contributed by atoms with E-state index in [0.29, 0.717) is 26.2 Å². The van der Waals surface area contributed by atoms with Gasteiger partial charge in [0.05, 0.1) is 10.5 Å². The number of nitrogens with zero attached hydrogens (tertiary/aromatic N) is 4. The average molecular weight is 343 g/mol. The van der Waals surface area contributed by atoms with Gasteiger partial charge in [0.25, 0.3) is 11.6 Å². The SMILES string of the molecule is O=C(NO)c1cccc([N+](=O)[O-])c1N1CCN(c2ccccn2)CC1. The van der Waals surface area contributed by atoms with Crippen LogP contribution in [0.25, 0.3) is 0 Å². The van der Waals surface area contributed by atoms with Crippen molar-refractivity contribution in [1.29, 1.82) is 0 Å². The van der Waals surface area contributed by atoms with Crippen LogP contribution in [0.1, 0.15) is 10.4 Å². The lowest BCUT2D eigenvalue weighted by Crippen LogP contribution is -2.47. The summed E-state index contributed by atoms with van der Waals surface area (Å²) in [5.41, 5.74) is 1.69. The third kappa shape index (κ3) is 3.36. The molecule has 25 heavy (non-hydrogen) atoms. The highest BCUT2D eigenvalue weighted by atomic mass is 16.6. The first-order valence-electron chi connectivity index (χ1n) is 7.74. The Kier molecular flexibility index (Phi) is 4.75. The van der Waals surface area contributed by atoms with E-state index in [-0.39, 0.29) is 16.9 Å². The third-order valence-electron chi connectivity index (χ3n) is 4.13. The van der Waals surface area contributed by atoms with Crippen molar-refractivity contribution in [2.45, 2.75) is 0 Å². The normalized spacial score (nSPS) is 14.3. The lowest BCUT2D eigenvalue weighted by atomic mass is 10.1. The Labute approximate surface area is 143 Å². The average Bonchev–Trinajstić information content (AvgIpc) is 2.67. The lowest BCUT2D eigenvalue weighted by Gasteiger charge is -2.37. The highest BCUT2D eigenvalue weighted by Crippen LogP contribution is 2.33. The lowest BCUT2D eigenvalue weighted by molar-refractivity contribution is -0.384. The minimum absolute atomic E-state index is 0.0722. The fraction of sp³-hybridized carbons (Fsp3) is 0.250. The molecular weight excluding hydrogens is 326 g/mol. The molecular formula is C16H17N5O4. The quantitative estimate of drug-likeness (QED) is 0.491. The molecule has 0 unspecified atom stereocenters. The zero-order valence-electron chi connectivity index (χ0n) is 13.3. The van der Waals surface area contributed by atoms with E-state index >= 15 is 0 Å². The van der Waals surface area contributed by atoms with Crippen molar-refractivity contribution < 1.29 is 14.9 Å². The molecule has 0 saturated carbocycles. The number of anilines is 2. The maximum atomic E-state index is 11.9. The zero-order valence-corrected chi connectivity index (χ0v) is 13.3. The molecule has 3 rings (SSSR count). The van der Waals surface area contributed by atoms with Gasteiger partial charge in [-0.15, -0.1) is 0 Å². The molecule has 9 nitrogen and oxygen atoms in total. The van der Waals surface area contributed by atoms with Gasteiger partial charge in [-0.1, -0.05) is 12.1 Å². The maximum Gasteiger partial charge on any atom is 0.293 e. The number of amides is 1. The van der Waals surface area contributed by atoms with E-state index in [1.807, 2.05) is 18.2 Å². The van der Waals surface area contributed by atoms with Crippen LogP contribution in [-0.2, 0) is 0 Å². The van der Waals surface area contributed by atoms with Crippen molar-refractivity contribution in [1.82, 2.24) is 10.5 Å². The summed E-state index contributed by atoms with van der Waals surface area (Å²) in [6.45, 7) is 2.22. The fourth-order valence-electron chi connectivity index (χ4n) is 2.95. The molecule has 1 aromatic carbocycles. The molecule has 1 fully saturated rings. The number of hydroxylamine groups is 1. The number of benzene rings is 1. The molecule has 2 aromatic rings. The van der Waals surface area contributed by atoms with Gasteiger partial charge in [0.2, 0.25) is 0 Å². The number of para-hydroxylation sites is 1. The molecule has 0 spiro atoms. The van der Waals surface area contributed by atoms with Crippen molar-refractivity contribution in [3.8, 4) is 0 Å². The Morgan fingerprint density at radius 1 is 1.12 bits per heavy atom. The summed E-state index contributed by atoms with van der Waals surface area (Å²) in [4.78, 5) is 30.9. The predicted molar refractivity (Wildman–Crippen MR) is 91.0 cm³/mol. The van der Waals surface area contributed by atoms with Gasteiger partial charge in [-0.25, -0.2) is 10.5 Å². The van der Waals surface area contributed by atoms with Crippen LogP contribution in [0, 0.1) is 10.1 Å². The number of nitrogens with one attached hydrogen (secondary N) is 1. The number of nitro groups is 1. The van der Waals surface area contributed by atoms with Crippen molar-refractivity contribution in [3.05, 3.63) is 58.3 Å². The van der Waals surface area contributed by atoms with E-state index in [0.717, 1.165) is 5.82 Å². The summed E-state index contributed by atoms with van der Waals surface area (Å²) in [5.74, 6) is 0.0730. The monoisotopic (exact) mass is 343 g/mol. The second-order valence-electron chi connectivity index (χ2n) is 5.53. The van der Waals surface area contributed by atoms with Crippen molar-refractivity contribution in [3.63, 3.8) is 0 Å². The Morgan fingerprint density at radius 3 is 2.44 bits per heavy atom. The number of piperazine rings is 1. The summed E-state index contributed by atoms with van der Waals surface area (Å²) >= 11 is 0. The van der Waals surface area contributed by atoms with Gasteiger partial charge in [0.15, 0.2) is 0 Å². The predicted octanol–water partition coefficient (Wildman–Crippen LogP) is 1.44. The summed E-state index contributed by atoms with van der Waals surface area (Å²) in [6.07, 6.45) is 1.72. The molecule has 0 atom stereocenters. The first-order valence-corrected chi connectivity index (χ1v) is 7.74. The van der Waals surface area contributed by atoms with Crippen molar-refractivity contribution >= 4 is 23.1 Å². The van der Waals surface area contributed by atoms with Crippen molar-refractivity contribution in [2.24, 2.45) is 0 Å². The number of rotatable bonds is 4. The topological polar surface area (TPSA) is 112 Å². The minimum Gasteiger partial charge on any atom is -0.362 e. The third-order valence-corrected chi connectivity index (χ3v) is 4.13. The highest BCUT2D eigenvalue weighted by molar-refractivity contribution is 6.01. The Balaban J connectivity index is 1.87. The first-order chi connectivity index (χ1) is 12.1. The molecule has 1 saturated heterocycles. The molecule has 0 bridgehead atoms. The van der Waals surface area contributed by atoms with E-state index in [1.54, 1.807) is 16.6 Å². The van der Waals surface area contributed by atoms with Crippen LogP contribution >= 0.6 is 0 Å². The molecule has 1 aliphatic rings. The largest absolute Gasteiger partial charge is 0.362 e. The van der Waals surface area contributed by atoms with Gasteiger partial charge in [0.1, 0.15) is 11.5 Å². The van der Waals surface area contributed by atoms with Crippen LogP contribution in [0.2, 0.25) is 0 Å². The number of hydrogen-bond acceptors (Lipinski definition) is 7. The molecule has 1 amide bonds. The molecule has 2 heterocycles. The van der Waals surface area contributed by atoms with E-state index < -0.39 is 10.8 Å². The van der Waals surface area contributed by atoms with Gasteiger partial charge in [-0.05, 0) is 18.2 Å².